The Morgan fingerprint density at radius 1 is 1.53 bits per heavy atom. The Morgan fingerprint density at radius 2 is 2.26 bits per heavy atom. The molecule has 98 valence electrons. The monoisotopic (exact) mass is 260 g/mol. The third-order valence-corrected chi connectivity index (χ3v) is 2.81. The molecule has 2 aromatic rings. The Balaban J connectivity index is 2.76. The fraction of sp³-hybridized carbons (Fsp3) is 0.250. The number of hydrogen-bond donors (Lipinski definition) is 1. The molecule has 0 amide bonds. The first kappa shape index (κ1) is 13.1. The summed E-state index contributed by atoms with van der Waals surface area (Å²) in [7, 11) is 1.63. The van der Waals surface area contributed by atoms with Gasteiger partial charge in [-0.05, 0) is 17.4 Å². The third-order valence-electron chi connectivity index (χ3n) is 2.81. The van der Waals surface area contributed by atoms with Gasteiger partial charge in [0.2, 0.25) is 5.71 Å². The number of ether oxygens (including phenoxy) is 1. The van der Waals surface area contributed by atoms with E-state index in [2.05, 4.69) is 16.5 Å². The van der Waals surface area contributed by atoms with Crippen molar-refractivity contribution < 1.29 is 9.15 Å². The first-order valence-corrected chi connectivity index (χ1v) is 5.88. The van der Waals surface area contributed by atoms with Crippen LogP contribution in [0.15, 0.2) is 26.7 Å². The van der Waals surface area contributed by atoms with Crippen molar-refractivity contribution in [3.05, 3.63) is 39.0 Å². The van der Waals surface area contributed by atoms with E-state index in [-0.39, 0.29) is 23.9 Å². The molecule has 0 aliphatic heterocycles. The van der Waals surface area contributed by atoms with Gasteiger partial charge in [-0.1, -0.05) is 19.6 Å². The summed E-state index contributed by atoms with van der Waals surface area (Å²) in [6.45, 7) is 5.56. The van der Waals surface area contributed by atoms with E-state index < -0.39 is 5.63 Å². The van der Waals surface area contributed by atoms with Crippen LogP contribution in [0.3, 0.4) is 0 Å². The van der Waals surface area contributed by atoms with E-state index in [9.17, 15) is 9.59 Å². The van der Waals surface area contributed by atoms with E-state index in [0.29, 0.717) is 22.8 Å². The van der Waals surface area contributed by atoms with E-state index in [1.165, 1.54) is 6.08 Å². The minimum Gasteiger partial charge on any atom is -0.460 e. The number of aromatic nitrogens is 2. The van der Waals surface area contributed by atoms with Crippen LogP contribution in [0.5, 0.6) is 6.01 Å². The second kappa shape index (κ2) is 5.13. The summed E-state index contributed by atoms with van der Waals surface area (Å²) in [5.41, 5.74) is 0.206. The topological polar surface area (TPSA) is 85.2 Å². The number of fused-ring (bicyclic) bond motifs is 1. The van der Waals surface area contributed by atoms with Crippen molar-refractivity contribution in [2.24, 2.45) is 0 Å². The van der Waals surface area contributed by atoms with Crippen molar-refractivity contribution in [1.82, 2.24) is 9.97 Å². The lowest BCUT2D eigenvalue weighted by Crippen LogP contribution is -2.30. The van der Waals surface area contributed by atoms with Gasteiger partial charge in [0.1, 0.15) is 19.8 Å². The van der Waals surface area contributed by atoms with Gasteiger partial charge in [0.25, 0.3) is 11.6 Å². The molecule has 2 heterocycles. The van der Waals surface area contributed by atoms with Gasteiger partial charge in [0.15, 0.2) is 0 Å². The highest BCUT2D eigenvalue weighted by atomic mass is 16.5. The number of aryl methyl sites for hydroxylation is 1. The summed E-state index contributed by atoms with van der Waals surface area (Å²) in [4.78, 5) is 30.2. The number of rotatable bonds is 4. The Labute approximate surface area is 109 Å². The molecule has 0 aromatic carbocycles. The molecule has 0 aliphatic carbocycles. The van der Waals surface area contributed by atoms with E-state index in [1.54, 1.807) is 7.85 Å². The standard InChI is InChI=1S/C12H13BN2O4/c1-3-5-18-12-14-9(16)7-6(4-2)8(13)11(17)19-10(7)15-12/h3H,1,4-5,13H2,2H3,(H,14,15,16). The lowest BCUT2D eigenvalue weighted by molar-refractivity contribution is 0.331. The molecule has 0 atom stereocenters. The Hall–Kier alpha value is -2.31. The SMILES string of the molecule is Bc1c(CC)c2c(=O)[nH]c(OCC=C)nc2oc1=O. The molecule has 2 rings (SSSR count). The number of nitrogens with one attached hydrogen (secondary N) is 1. The van der Waals surface area contributed by atoms with Crippen LogP contribution in [0.1, 0.15) is 12.5 Å². The minimum absolute atomic E-state index is 0.00439. The quantitative estimate of drug-likeness (QED) is 0.578. The maximum absolute atomic E-state index is 12.0. The summed E-state index contributed by atoms with van der Waals surface area (Å²) in [6, 6.07) is 0.00598. The van der Waals surface area contributed by atoms with Crippen molar-refractivity contribution in [2.75, 3.05) is 6.61 Å². The molecule has 6 nitrogen and oxygen atoms in total. The zero-order chi connectivity index (χ0) is 14.0. The molecule has 0 saturated heterocycles. The van der Waals surface area contributed by atoms with Crippen LogP contribution >= 0.6 is 0 Å². The lowest BCUT2D eigenvalue weighted by Gasteiger charge is -2.07. The second-order valence-electron chi connectivity index (χ2n) is 4.00. The summed E-state index contributed by atoms with van der Waals surface area (Å²) in [5, 5.41) is 0.297. The lowest BCUT2D eigenvalue weighted by atomic mass is 9.90. The molecular weight excluding hydrogens is 247 g/mol. The molecule has 19 heavy (non-hydrogen) atoms. The molecule has 0 fully saturated rings. The van der Waals surface area contributed by atoms with Gasteiger partial charge in [0.05, 0.1) is 0 Å². The number of aromatic amines is 1. The molecule has 7 heteroatoms. The minimum atomic E-state index is -0.489. The molecule has 0 aliphatic rings. The summed E-state index contributed by atoms with van der Waals surface area (Å²) in [6.07, 6.45) is 2.07. The first-order valence-electron chi connectivity index (χ1n) is 5.88. The third kappa shape index (κ3) is 2.31. The maximum Gasteiger partial charge on any atom is 0.331 e. The van der Waals surface area contributed by atoms with Crippen LogP contribution in [-0.4, -0.2) is 24.4 Å². The van der Waals surface area contributed by atoms with Gasteiger partial charge in [-0.25, -0.2) is 4.79 Å². The molecule has 0 radical (unpaired) electrons. The predicted molar refractivity (Wildman–Crippen MR) is 74.1 cm³/mol. The Morgan fingerprint density at radius 3 is 2.89 bits per heavy atom. The highest BCUT2D eigenvalue weighted by Gasteiger charge is 2.15. The van der Waals surface area contributed by atoms with Crippen LogP contribution in [0.2, 0.25) is 0 Å². The molecule has 0 unspecified atom stereocenters. The van der Waals surface area contributed by atoms with Gasteiger partial charge >= 0.3 is 5.63 Å². The largest absolute Gasteiger partial charge is 0.460 e. The van der Waals surface area contributed by atoms with Gasteiger partial charge in [-0.2, -0.15) is 4.98 Å². The summed E-state index contributed by atoms with van der Waals surface area (Å²) in [5.74, 6) is 0. The Bertz CT molecular complexity index is 748. The van der Waals surface area contributed by atoms with Crippen molar-refractivity contribution in [3.8, 4) is 6.01 Å². The van der Waals surface area contributed by atoms with Crippen molar-refractivity contribution in [1.29, 1.82) is 0 Å². The van der Waals surface area contributed by atoms with Gasteiger partial charge in [0, 0.05) is 0 Å². The summed E-state index contributed by atoms with van der Waals surface area (Å²) < 4.78 is 10.2. The van der Waals surface area contributed by atoms with Gasteiger partial charge in [-0.15, -0.1) is 0 Å². The van der Waals surface area contributed by atoms with Crippen LogP contribution < -0.4 is 21.4 Å². The molecule has 0 saturated carbocycles. The van der Waals surface area contributed by atoms with E-state index >= 15 is 0 Å². The van der Waals surface area contributed by atoms with Crippen molar-refractivity contribution in [3.63, 3.8) is 0 Å². The molecule has 0 spiro atoms. The van der Waals surface area contributed by atoms with Crippen molar-refractivity contribution in [2.45, 2.75) is 13.3 Å². The molecule has 2 aromatic heterocycles. The fourth-order valence-electron chi connectivity index (χ4n) is 1.90. The van der Waals surface area contributed by atoms with Crippen LogP contribution in [0, 0.1) is 0 Å². The molecule has 1 N–H and O–H groups in total. The fourth-order valence-corrected chi connectivity index (χ4v) is 1.90. The van der Waals surface area contributed by atoms with Crippen molar-refractivity contribution >= 4 is 24.4 Å². The van der Waals surface area contributed by atoms with Gasteiger partial charge in [-0.3, -0.25) is 9.78 Å². The highest BCUT2D eigenvalue weighted by Crippen LogP contribution is 2.11. The summed E-state index contributed by atoms with van der Waals surface area (Å²) >= 11 is 0. The average molecular weight is 260 g/mol. The zero-order valence-electron chi connectivity index (χ0n) is 10.8. The smallest absolute Gasteiger partial charge is 0.331 e. The number of nitrogens with zero attached hydrogens (tertiary/aromatic N) is 1. The van der Waals surface area contributed by atoms with E-state index in [0.717, 1.165) is 0 Å². The number of H-pyrrole nitrogens is 1. The molecular formula is C12H13BN2O4. The number of hydrogen-bond acceptors (Lipinski definition) is 5. The van der Waals surface area contributed by atoms with Crippen LogP contribution in [0.4, 0.5) is 0 Å². The predicted octanol–water partition coefficient (Wildman–Crippen LogP) is -0.738. The van der Waals surface area contributed by atoms with Crippen LogP contribution in [-0.2, 0) is 6.42 Å². The van der Waals surface area contributed by atoms with E-state index in [1.807, 2.05) is 6.92 Å². The highest BCUT2D eigenvalue weighted by molar-refractivity contribution is 6.33. The second-order valence-corrected chi connectivity index (χ2v) is 4.00. The normalized spacial score (nSPS) is 10.6. The first-order chi connectivity index (χ1) is 9.08. The maximum atomic E-state index is 12.0. The average Bonchev–Trinajstić information content (AvgIpc) is 2.38. The zero-order valence-corrected chi connectivity index (χ0v) is 10.8. The molecule has 0 bridgehead atoms. The van der Waals surface area contributed by atoms with Gasteiger partial charge < -0.3 is 9.15 Å². The van der Waals surface area contributed by atoms with E-state index in [4.69, 9.17) is 9.15 Å². The Kier molecular flexibility index (Phi) is 3.55. The van der Waals surface area contributed by atoms with Crippen LogP contribution in [0.25, 0.3) is 11.1 Å².